The van der Waals surface area contributed by atoms with Gasteiger partial charge < -0.3 is 10.0 Å². The predicted molar refractivity (Wildman–Crippen MR) is 81.6 cm³/mol. The Hall–Kier alpha value is -2.36. The fourth-order valence-corrected chi connectivity index (χ4v) is 2.60. The molecule has 2 rings (SSSR count). The highest BCUT2D eigenvalue weighted by atomic mass is 16.4. The summed E-state index contributed by atoms with van der Waals surface area (Å²) in [5.74, 6) is -1.14. The number of carboxylic acids is 1. The van der Waals surface area contributed by atoms with Crippen molar-refractivity contribution in [2.75, 3.05) is 14.1 Å². The smallest absolute Gasteiger partial charge is 0.304 e. The summed E-state index contributed by atoms with van der Waals surface area (Å²) in [4.78, 5) is 25.0. The molecule has 1 amide bonds. The average molecular weight is 285 g/mol. The van der Waals surface area contributed by atoms with Crippen molar-refractivity contribution < 1.29 is 14.7 Å². The summed E-state index contributed by atoms with van der Waals surface area (Å²) < 4.78 is 0. The van der Waals surface area contributed by atoms with Crippen molar-refractivity contribution in [3.8, 4) is 0 Å². The lowest BCUT2D eigenvalue weighted by molar-refractivity contribution is -0.146. The second-order valence-electron chi connectivity index (χ2n) is 5.49. The quantitative estimate of drug-likeness (QED) is 0.925. The van der Waals surface area contributed by atoms with E-state index in [0.29, 0.717) is 6.42 Å². The van der Waals surface area contributed by atoms with Crippen molar-refractivity contribution in [2.24, 2.45) is 5.41 Å². The minimum absolute atomic E-state index is 0.176. The Morgan fingerprint density at radius 1 is 1.24 bits per heavy atom. The molecule has 0 fully saturated rings. The molecule has 1 atom stereocenters. The molecule has 0 spiro atoms. The molecule has 0 heterocycles. The lowest BCUT2D eigenvalue weighted by Crippen LogP contribution is -2.41. The maximum absolute atomic E-state index is 12.4. The second-order valence-corrected chi connectivity index (χ2v) is 5.49. The molecule has 0 aromatic heterocycles. The zero-order chi connectivity index (χ0) is 15.5. The molecule has 4 heteroatoms. The molecule has 0 aliphatic heterocycles. The molecular weight excluding hydrogens is 266 g/mol. The number of hydrogen-bond donors (Lipinski definition) is 1. The minimum atomic E-state index is -0.979. The Bertz CT molecular complexity index is 602. The van der Waals surface area contributed by atoms with E-state index in [1.54, 1.807) is 20.2 Å². The van der Waals surface area contributed by atoms with E-state index < -0.39 is 11.4 Å². The Balaban J connectivity index is 2.29. The van der Waals surface area contributed by atoms with Gasteiger partial charge in [-0.05, 0) is 17.6 Å². The van der Waals surface area contributed by atoms with E-state index in [4.69, 9.17) is 5.11 Å². The van der Waals surface area contributed by atoms with Crippen LogP contribution in [0.25, 0.3) is 5.57 Å². The van der Waals surface area contributed by atoms with Gasteiger partial charge in [-0.2, -0.15) is 0 Å². The summed E-state index contributed by atoms with van der Waals surface area (Å²) in [6.45, 7) is 0. The molecule has 1 aromatic rings. The number of rotatable bonds is 4. The first-order valence-corrected chi connectivity index (χ1v) is 6.83. The normalized spacial score (nSPS) is 20.8. The number of amides is 1. The topological polar surface area (TPSA) is 57.6 Å². The number of hydrogen-bond acceptors (Lipinski definition) is 2. The van der Waals surface area contributed by atoms with Gasteiger partial charge in [0.25, 0.3) is 0 Å². The molecule has 21 heavy (non-hydrogen) atoms. The van der Waals surface area contributed by atoms with Gasteiger partial charge in [-0.3, -0.25) is 9.59 Å². The van der Waals surface area contributed by atoms with Crippen LogP contribution in [0.2, 0.25) is 0 Å². The molecule has 0 bridgehead atoms. The summed E-state index contributed by atoms with van der Waals surface area (Å²) >= 11 is 0. The van der Waals surface area contributed by atoms with E-state index in [1.165, 1.54) is 4.90 Å². The fourth-order valence-electron chi connectivity index (χ4n) is 2.60. The number of nitrogens with zero attached hydrogens (tertiary/aromatic N) is 1. The lowest BCUT2D eigenvalue weighted by atomic mass is 9.75. The van der Waals surface area contributed by atoms with Gasteiger partial charge in [0.2, 0.25) is 5.91 Å². The van der Waals surface area contributed by atoms with Gasteiger partial charge in [-0.25, -0.2) is 0 Å². The van der Waals surface area contributed by atoms with Crippen LogP contribution in [-0.2, 0) is 9.59 Å². The zero-order valence-electron chi connectivity index (χ0n) is 12.2. The number of carbonyl (C=O) groups excluding carboxylic acids is 1. The molecule has 1 N–H and O–H groups in total. The Labute approximate surface area is 124 Å². The van der Waals surface area contributed by atoms with Gasteiger partial charge in [0, 0.05) is 14.1 Å². The first-order chi connectivity index (χ1) is 9.94. The zero-order valence-corrected chi connectivity index (χ0v) is 12.2. The second kappa shape index (κ2) is 5.95. The van der Waals surface area contributed by atoms with Crippen LogP contribution < -0.4 is 0 Å². The molecular formula is C17H19NO3. The number of carbonyl (C=O) groups is 2. The van der Waals surface area contributed by atoms with Crippen LogP contribution in [0.5, 0.6) is 0 Å². The van der Waals surface area contributed by atoms with Crippen molar-refractivity contribution in [3.05, 3.63) is 54.1 Å². The summed E-state index contributed by atoms with van der Waals surface area (Å²) in [5, 5.41) is 9.12. The van der Waals surface area contributed by atoms with Crippen LogP contribution in [0.1, 0.15) is 18.4 Å². The summed E-state index contributed by atoms with van der Waals surface area (Å²) in [6, 6.07) is 9.84. The van der Waals surface area contributed by atoms with Crippen LogP contribution in [-0.4, -0.2) is 36.0 Å². The molecule has 0 radical (unpaired) electrons. The molecule has 1 aliphatic carbocycles. The van der Waals surface area contributed by atoms with Gasteiger partial charge in [0.05, 0.1) is 11.8 Å². The molecule has 110 valence electrons. The number of aliphatic carboxylic acids is 1. The van der Waals surface area contributed by atoms with Crippen LogP contribution in [0, 0.1) is 5.41 Å². The Morgan fingerprint density at radius 2 is 1.90 bits per heavy atom. The van der Waals surface area contributed by atoms with Gasteiger partial charge in [-0.1, -0.05) is 48.6 Å². The maximum Gasteiger partial charge on any atom is 0.304 e. The van der Waals surface area contributed by atoms with E-state index >= 15 is 0 Å². The molecule has 1 aromatic carbocycles. The predicted octanol–water partition coefficient (Wildman–Crippen LogP) is 2.58. The standard InChI is InChI=1S/C17H19NO3/c1-18(2)16(21)17(12-15(19)20)10-8-14(9-11-17)13-6-4-3-5-7-13/h3-10H,11-12H2,1-2H3,(H,19,20). The lowest BCUT2D eigenvalue weighted by Gasteiger charge is -2.32. The van der Waals surface area contributed by atoms with Crippen LogP contribution >= 0.6 is 0 Å². The highest BCUT2D eigenvalue weighted by molar-refractivity contribution is 5.91. The molecule has 1 unspecified atom stereocenters. The number of benzene rings is 1. The third-order valence-electron chi connectivity index (χ3n) is 3.67. The van der Waals surface area contributed by atoms with Crippen molar-refractivity contribution in [1.29, 1.82) is 0 Å². The number of allylic oxidation sites excluding steroid dienone is 3. The highest BCUT2D eigenvalue weighted by Gasteiger charge is 2.39. The molecule has 0 saturated carbocycles. The average Bonchev–Trinajstić information content (AvgIpc) is 2.47. The van der Waals surface area contributed by atoms with E-state index in [0.717, 1.165) is 11.1 Å². The minimum Gasteiger partial charge on any atom is -0.481 e. The van der Waals surface area contributed by atoms with Gasteiger partial charge >= 0.3 is 5.97 Å². The van der Waals surface area contributed by atoms with Crippen molar-refractivity contribution in [2.45, 2.75) is 12.8 Å². The van der Waals surface area contributed by atoms with Crippen LogP contribution in [0.3, 0.4) is 0 Å². The summed E-state index contributed by atoms with van der Waals surface area (Å²) in [6.07, 6.45) is 5.74. The maximum atomic E-state index is 12.4. The first-order valence-electron chi connectivity index (χ1n) is 6.83. The van der Waals surface area contributed by atoms with Gasteiger partial charge in [-0.15, -0.1) is 0 Å². The van der Waals surface area contributed by atoms with Crippen LogP contribution in [0.15, 0.2) is 48.6 Å². The monoisotopic (exact) mass is 285 g/mol. The van der Waals surface area contributed by atoms with Gasteiger partial charge in [0.1, 0.15) is 0 Å². The summed E-state index contributed by atoms with van der Waals surface area (Å²) in [7, 11) is 3.30. The van der Waals surface area contributed by atoms with Gasteiger partial charge in [0.15, 0.2) is 0 Å². The molecule has 0 saturated heterocycles. The first kappa shape index (κ1) is 15.0. The highest BCUT2D eigenvalue weighted by Crippen LogP contribution is 2.37. The van der Waals surface area contributed by atoms with Crippen molar-refractivity contribution in [3.63, 3.8) is 0 Å². The molecule has 4 nitrogen and oxygen atoms in total. The Kier molecular flexibility index (Phi) is 4.26. The van der Waals surface area contributed by atoms with Crippen molar-refractivity contribution in [1.82, 2.24) is 4.90 Å². The SMILES string of the molecule is CN(C)C(=O)C1(CC(=O)O)C=CC(c2ccccc2)=CC1. The third kappa shape index (κ3) is 3.21. The molecule has 1 aliphatic rings. The van der Waals surface area contributed by atoms with E-state index in [2.05, 4.69) is 0 Å². The van der Waals surface area contributed by atoms with E-state index in [9.17, 15) is 9.59 Å². The Morgan fingerprint density at radius 3 is 2.38 bits per heavy atom. The van der Waals surface area contributed by atoms with E-state index in [-0.39, 0.29) is 12.3 Å². The van der Waals surface area contributed by atoms with Crippen LogP contribution in [0.4, 0.5) is 0 Å². The third-order valence-corrected chi connectivity index (χ3v) is 3.67. The van der Waals surface area contributed by atoms with E-state index in [1.807, 2.05) is 42.5 Å². The number of carboxylic acid groups (broad SMARTS) is 1. The fraction of sp³-hybridized carbons (Fsp3) is 0.294. The largest absolute Gasteiger partial charge is 0.481 e. The van der Waals surface area contributed by atoms with Crippen molar-refractivity contribution >= 4 is 17.4 Å². The summed E-state index contributed by atoms with van der Waals surface area (Å²) in [5.41, 5.74) is 1.10.